The summed E-state index contributed by atoms with van der Waals surface area (Å²) in [6.07, 6.45) is 1.43. The number of hydrogen-bond donors (Lipinski definition) is 0. The molecule has 2 rings (SSSR count). The highest BCUT2D eigenvalue weighted by Crippen LogP contribution is 2.37. The van der Waals surface area contributed by atoms with Crippen LogP contribution >= 0.6 is 34.8 Å². The van der Waals surface area contributed by atoms with E-state index >= 15 is 0 Å². The van der Waals surface area contributed by atoms with E-state index in [1.165, 1.54) is 31.5 Å². The minimum Gasteiger partial charge on any atom is -0.479 e. The van der Waals surface area contributed by atoms with E-state index in [4.69, 9.17) is 39.5 Å². The Hall–Kier alpha value is -1.03. The molecule has 0 bridgehead atoms. The summed E-state index contributed by atoms with van der Waals surface area (Å²) in [6.45, 7) is 0. The third kappa shape index (κ3) is 2.53. The number of aromatic nitrogens is 1. The maximum absolute atomic E-state index is 13.6. The van der Waals surface area contributed by atoms with Crippen LogP contribution in [0.3, 0.4) is 0 Å². The van der Waals surface area contributed by atoms with Crippen molar-refractivity contribution in [3.63, 3.8) is 0 Å². The number of pyridine rings is 1. The van der Waals surface area contributed by atoms with Crippen molar-refractivity contribution in [1.82, 2.24) is 4.98 Å². The van der Waals surface area contributed by atoms with E-state index in [1.807, 2.05) is 0 Å². The van der Waals surface area contributed by atoms with Gasteiger partial charge in [0.15, 0.2) is 5.82 Å². The third-order valence-corrected chi connectivity index (χ3v) is 3.11. The van der Waals surface area contributed by atoms with Gasteiger partial charge in [0.25, 0.3) is 0 Å². The average molecular weight is 307 g/mol. The van der Waals surface area contributed by atoms with Crippen molar-refractivity contribution < 1.29 is 9.13 Å². The fourth-order valence-corrected chi connectivity index (χ4v) is 2.57. The Balaban J connectivity index is 2.59. The molecule has 0 aliphatic carbocycles. The van der Waals surface area contributed by atoms with E-state index in [2.05, 4.69) is 4.98 Å². The SMILES string of the molecule is COc1ncc(-c2c(Cl)cc(Cl)cc2Cl)cc1F. The Morgan fingerprint density at radius 1 is 1.11 bits per heavy atom. The van der Waals surface area contributed by atoms with Gasteiger partial charge < -0.3 is 4.74 Å². The monoisotopic (exact) mass is 305 g/mol. The van der Waals surface area contributed by atoms with Gasteiger partial charge >= 0.3 is 0 Å². The van der Waals surface area contributed by atoms with Crippen LogP contribution in [0.25, 0.3) is 11.1 Å². The van der Waals surface area contributed by atoms with Gasteiger partial charge in [-0.15, -0.1) is 0 Å². The molecule has 2 nitrogen and oxygen atoms in total. The molecule has 0 amide bonds. The fraction of sp³-hybridized carbons (Fsp3) is 0.0833. The Labute approximate surface area is 118 Å². The summed E-state index contributed by atoms with van der Waals surface area (Å²) in [7, 11) is 1.34. The summed E-state index contributed by atoms with van der Waals surface area (Å²) >= 11 is 17.9. The van der Waals surface area contributed by atoms with Gasteiger partial charge in [0.1, 0.15) is 0 Å². The molecular formula is C12H7Cl3FNO. The first-order valence-corrected chi connectivity index (χ1v) is 6.00. The molecule has 0 aliphatic rings. The van der Waals surface area contributed by atoms with E-state index in [0.29, 0.717) is 26.2 Å². The summed E-state index contributed by atoms with van der Waals surface area (Å²) in [5.41, 5.74) is 0.941. The molecule has 0 aliphatic heterocycles. The number of nitrogens with zero attached hydrogens (tertiary/aromatic N) is 1. The lowest BCUT2D eigenvalue weighted by Crippen LogP contribution is -1.93. The van der Waals surface area contributed by atoms with E-state index < -0.39 is 5.82 Å². The van der Waals surface area contributed by atoms with Gasteiger partial charge in [-0.2, -0.15) is 0 Å². The number of hydrogen-bond acceptors (Lipinski definition) is 2. The van der Waals surface area contributed by atoms with Gasteiger partial charge in [-0.3, -0.25) is 0 Å². The number of halogens is 4. The Kier molecular flexibility index (Phi) is 3.95. The number of rotatable bonds is 2. The highest BCUT2D eigenvalue weighted by atomic mass is 35.5. The Bertz CT molecular complexity index is 581. The molecule has 1 aromatic heterocycles. The van der Waals surface area contributed by atoms with Crippen molar-refractivity contribution in [2.24, 2.45) is 0 Å². The fourth-order valence-electron chi connectivity index (χ4n) is 1.53. The van der Waals surface area contributed by atoms with E-state index in [1.54, 1.807) is 0 Å². The molecular weight excluding hydrogens is 299 g/mol. The second-order valence-corrected chi connectivity index (χ2v) is 4.71. The maximum atomic E-state index is 13.6. The quantitative estimate of drug-likeness (QED) is 0.790. The smallest absolute Gasteiger partial charge is 0.250 e. The number of methoxy groups -OCH3 is 1. The highest BCUT2D eigenvalue weighted by Gasteiger charge is 2.13. The topological polar surface area (TPSA) is 22.1 Å². The summed E-state index contributed by atoms with van der Waals surface area (Å²) in [6, 6.07) is 4.33. The summed E-state index contributed by atoms with van der Waals surface area (Å²) < 4.78 is 18.3. The van der Waals surface area contributed by atoms with E-state index in [9.17, 15) is 4.39 Å². The number of ether oxygens (including phenoxy) is 1. The molecule has 0 radical (unpaired) electrons. The van der Waals surface area contributed by atoms with Gasteiger partial charge in [-0.1, -0.05) is 34.8 Å². The molecule has 0 spiro atoms. The molecule has 0 fully saturated rings. The Morgan fingerprint density at radius 2 is 1.72 bits per heavy atom. The van der Waals surface area contributed by atoms with Gasteiger partial charge in [0, 0.05) is 22.3 Å². The van der Waals surface area contributed by atoms with Crippen LogP contribution < -0.4 is 4.74 Å². The molecule has 0 N–H and O–H groups in total. The molecule has 0 atom stereocenters. The zero-order chi connectivity index (χ0) is 13.3. The number of benzene rings is 1. The zero-order valence-electron chi connectivity index (χ0n) is 9.18. The van der Waals surface area contributed by atoms with Gasteiger partial charge in [0.2, 0.25) is 5.88 Å². The zero-order valence-corrected chi connectivity index (χ0v) is 11.4. The second kappa shape index (κ2) is 5.31. The van der Waals surface area contributed by atoms with Crippen LogP contribution in [0, 0.1) is 5.82 Å². The molecule has 6 heteroatoms. The van der Waals surface area contributed by atoms with Crippen LogP contribution in [-0.4, -0.2) is 12.1 Å². The van der Waals surface area contributed by atoms with Crippen LogP contribution in [0.5, 0.6) is 5.88 Å². The first-order valence-electron chi connectivity index (χ1n) is 4.87. The standard InChI is InChI=1S/C12H7Cl3FNO/c1-18-12-10(16)2-6(5-17-12)11-8(14)3-7(13)4-9(11)15/h2-5H,1H3. The predicted octanol–water partition coefficient (Wildman–Crippen LogP) is 4.86. The van der Waals surface area contributed by atoms with E-state index in [-0.39, 0.29) is 5.88 Å². The molecule has 0 unspecified atom stereocenters. The molecule has 94 valence electrons. The molecule has 1 aromatic carbocycles. The summed E-state index contributed by atoms with van der Waals surface area (Å²) in [4.78, 5) is 3.83. The maximum Gasteiger partial charge on any atom is 0.250 e. The van der Waals surface area contributed by atoms with Gasteiger partial charge in [0.05, 0.1) is 17.2 Å². The van der Waals surface area contributed by atoms with Crippen LogP contribution in [0.1, 0.15) is 0 Å². The Morgan fingerprint density at radius 3 is 2.22 bits per heavy atom. The van der Waals surface area contributed by atoms with Crippen molar-refractivity contribution in [3.05, 3.63) is 45.3 Å². The molecule has 2 aromatic rings. The second-order valence-electron chi connectivity index (χ2n) is 3.46. The molecule has 18 heavy (non-hydrogen) atoms. The first kappa shape index (κ1) is 13.4. The predicted molar refractivity (Wildman–Crippen MR) is 71.2 cm³/mol. The van der Waals surface area contributed by atoms with Crippen LogP contribution in [0.15, 0.2) is 24.4 Å². The van der Waals surface area contributed by atoms with Crippen molar-refractivity contribution >= 4 is 34.8 Å². The van der Waals surface area contributed by atoms with E-state index in [0.717, 1.165) is 0 Å². The first-order chi connectivity index (χ1) is 8.52. The summed E-state index contributed by atoms with van der Waals surface area (Å²) in [5.74, 6) is -0.669. The normalized spacial score (nSPS) is 10.5. The lowest BCUT2D eigenvalue weighted by molar-refractivity contribution is 0.369. The van der Waals surface area contributed by atoms with Crippen molar-refractivity contribution in [3.8, 4) is 17.0 Å². The van der Waals surface area contributed by atoms with Gasteiger partial charge in [-0.25, -0.2) is 9.37 Å². The lowest BCUT2D eigenvalue weighted by atomic mass is 10.1. The molecule has 0 saturated heterocycles. The minimum atomic E-state index is -0.586. The van der Waals surface area contributed by atoms with Crippen LogP contribution in [0.4, 0.5) is 4.39 Å². The highest BCUT2D eigenvalue weighted by molar-refractivity contribution is 6.41. The largest absolute Gasteiger partial charge is 0.479 e. The van der Waals surface area contributed by atoms with Gasteiger partial charge in [-0.05, 0) is 18.2 Å². The average Bonchev–Trinajstić information content (AvgIpc) is 2.27. The van der Waals surface area contributed by atoms with Crippen molar-refractivity contribution in [2.45, 2.75) is 0 Å². The third-order valence-electron chi connectivity index (χ3n) is 2.30. The van der Waals surface area contributed by atoms with Crippen LogP contribution in [0.2, 0.25) is 15.1 Å². The minimum absolute atomic E-state index is 0.0834. The van der Waals surface area contributed by atoms with Crippen LogP contribution in [-0.2, 0) is 0 Å². The molecule has 0 saturated carbocycles. The van der Waals surface area contributed by atoms with Crippen molar-refractivity contribution in [1.29, 1.82) is 0 Å². The lowest BCUT2D eigenvalue weighted by Gasteiger charge is -2.09. The molecule has 1 heterocycles. The van der Waals surface area contributed by atoms with Crippen molar-refractivity contribution in [2.75, 3.05) is 7.11 Å². The summed E-state index contributed by atoms with van der Waals surface area (Å²) in [5, 5.41) is 1.08.